The molecule has 2 aromatic rings. The summed E-state index contributed by atoms with van der Waals surface area (Å²) in [6.45, 7) is 0.409. The average Bonchev–Trinajstić information content (AvgIpc) is 2.53. The number of ether oxygens (including phenoxy) is 2. The van der Waals surface area contributed by atoms with Crippen molar-refractivity contribution >= 4 is 5.69 Å². The van der Waals surface area contributed by atoms with Crippen molar-refractivity contribution in [3.63, 3.8) is 0 Å². The van der Waals surface area contributed by atoms with Gasteiger partial charge in [0.05, 0.1) is 26.0 Å². The third-order valence-corrected chi connectivity index (χ3v) is 3.08. The highest BCUT2D eigenvalue weighted by Crippen LogP contribution is 2.29. The molecule has 0 aliphatic heterocycles. The molecule has 0 heterocycles. The molecular weight excluding hydrogens is 254 g/mol. The van der Waals surface area contributed by atoms with Crippen molar-refractivity contribution in [2.45, 2.75) is 6.10 Å². The van der Waals surface area contributed by atoms with E-state index in [-0.39, 0.29) is 0 Å². The van der Waals surface area contributed by atoms with Crippen LogP contribution in [0.3, 0.4) is 0 Å². The van der Waals surface area contributed by atoms with Crippen molar-refractivity contribution in [1.29, 1.82) is 0 Å². The monoisotopic (exact) mass is 273 g/mol. The Bertz CT molecular complexity index is 543. The Morgan fingerprint density at radius 2 is 1.80 bits per heavy atom. The van der Waals surface area contributed by atoms with Crippen LogP contribution < -0.4 is 14.8 Å². The van der Waals surface area contributed by atoms with E-state index < -0.39 is 6.10 Å². The Kier molecular flexibility index (Phi) is 4.85. The molecule has 1 atom stereocenters. The van der Waals surface area contributed by atoms with Gasteiger partial charge in [-0.15, -0.1) is 0 Å². The molecule has 0 fully saturated rings. The van der Waals surface area contributed by atoms with Gasteiger partial charge in [0.15, 0.2) is 0 Å². The van der Waals surface area contributed by atoms with E-state index in [9.17, 15) is 5.11 Å². The minimum absolute atomic E-state index is 0.409. The first-order valence-electron chi connectivity index (χ1n) is 6.43. The van der Waals surface area contributed by atoms with Crippen LogP contribution in [0.25, 0.3) is 0 Å². The van der Waals surface area contributed by atoms with Crippen molar-refractivity contribution in [3.05, 3.63) is 54.1 Å². The largest absolute Gasteiger partial charge is 0.497 e. The molecule has 4 heteroatoms. The van der Waals surface area contributed by atoms with E-state index in [1.807, 2.05) is 42.5 Å². The van der Waals surface area contributed by atoms with E-state index in [0.717, 1.165) is 17.0 Å². The normalized spacial score (nSPS) is 11.8. The van der Waals surface area contributed by atoms with Crippen molar-refractivity contribution in [2.75, 3.05) is 26.1 Å². The Morgan fingerprint density at radius 1 is 1.05 bits per heavy atom. The van der Waals surface area contributed by atoms with Crippen LogP contribution in [0, 0.1) is 0 Å². The van der Waals surface area contributed by atoms with E-state index in [1.165, 1.54) is 0 Å². The predicted molar refractivity (Wildman–Crippen MR) is 79.4 cm³/mol. The first-order valence-corrected chi connectivity index (χ1v) is 6.43. The van der Waals surface area contributed by atoms with Gasteiger partial charge in [0.25, 0.3) is 0 Å². The van der Waals surface area contributed by atoms with Gasteiger partial charge in [-0.3, -0.25) is 0 Å². The minimum atomic E-state index is -0.567. The van der Waals surface area contributed by atoms with Crippen LogP contribution in [-0.4, -0.2) is 25.9 Å². The van der Waals surface area contributed by atoms with Gasteiger partial charge in [0, 0.05) is 12.6 Å². The molecule has 0 aliphatic carbocycles. The zero-order chi connectivity index (χ0) is 14.4. The molecule has 0 saturated heterocycles. The third-order valence-electron chi connectivity index (χ3n) is 3.08. The van der Waals surface area contributed by atoms with Crippen molar-refractivity contribution < 1.29 is 14.6 Å². The highest BCUT2D eigenvalue weighted by Gasteiger charge is 2.09. The lowest BCUT2D eigenvalue weighted by Crippen LogP contribution is -2.12. The standard InChI is InChI=1S/C16H19NO3/c1-19-13-8-9-14(16(10-13)20-2)17-11-15(18)12-6-4-3-5-7-12/h3-10,15,17-18H,11H2,1-2H3. The summed E-state index contributed by atoms with van der Waals surface area (Å²) in [6, 6.07) is 15.1. The van der Waals surface area contributed by atoms with Gasteiger partial charge >= 0.3 is 0 Å². The molecular formula is C16H19NO3. The molecule has 4 nitrogen and oxygen atoms in total. The number of methoxy groups -OCH3 is 2. The Labute approximate surface area is 119 Å². The molecule has 0 amide bonds. The number of aliphatic hydroxyl groups is 1. The summed E-state index contributed by atoms with van der Waals surface area (Å²) in [6.07, 6.45) is -0.567. The van der Waals surface area contributed by atoms with Crippen molar-refractivity contribution in [1.82, 2.24) is 0 Å². The Hall–Kier alpha value is -2.20. The maximum atomic E-state index is 10.1. The van der Waals surface area contributed by atoms with Gasteiger partial charge in [0.1, 0.15) is 11.5 Å². The summed E-state index contributed by atoms with van der Waals surface area (Å²) in [5.41, 5.74) is 1.70. The molecule has 0 bridgehead atoms. The van der Waals surface area contributed by atoms with E-state index >= 15 is 0 Å². The highest BCUT2D eigenvalue weighted by atomic mass is 16.5. The predicted octanol–water partition coefficient (Wildman–Crippen LogP) is 2.85. The second kappa shape index (κ2) is 6.82. The van der Waals surface area contributed by atoms with Gasteiger partial charge in [-0.1, -0.05) is 30.3 Å². The number of benzene rings is 2. The van der Waals surface area contributed by atoms with Crippen LogP contribution in [0.2, 0.25) is 0 Å². The molecule has 2 rings (SSSR count). The van der Waals surface area contributed by atoms with Crippen LogP contribution in [-0.2, 0) is 0 Å². The SMILES string of the molecule is COc1ccc(NCC(O)c2ccccc2)c(OC)c1. The number of nitrogens with one attached hydrogen (secondary N) is 1. The molecule has 2 N–H and O–H groups in total. The lowest BCUT2D eigenvalue weighted by Gasteiger charge is -2.16. The number of anilines is 1. The molecule has 0 aromatic heterocycles. The highest BCUT2D eigenvalue weighted by molar-refractivity contribution is 5.59. The summed E-state index contributed by atoms with van der Waals surface area (Å²) < 4.78 is 10.5. The topological polar surface area (TPSA) is 50.7 Å². The second-order valence-electron chi connectivity index (χ2n) is 4.37. The zero-order valence-corrected chi connectivity index (χ0v) is 11.7. The van der Waals surface area contributed by atoms with Gasteiger partial charge in [-0.2, -0.15) is 0 Å². The van der Waals surface area contributed by atoms with Crippen LogP contribution in [0.5, 0.6) is 11.5 Å². The lowest BCUT2D eigenvalue weighted by molar-refractivity contribution is 0.191. The maximum absolute atomic E-state index is 10.1. The van der Waals surface area contributed by atoms with Crippen molar-refractivity contribution in [2.24, 2.45) is 0 Å². The lowest BCUT2D eigenvalue weighted by atomic mass is 10.1. The molecule has 1 unspecified atom stereocenters. The quantitative estimate of drug-likeness (QED) is 0.849. The Morgan fingerprint density at radius 3 is 2.45 bits per heavy atom. The van der Waals surface area contributed by atoms with Crippen LogP contribution in [0.15, 0.2) is 48.5 Å². The number of hydrogen-bond donors (Lipinski definition) is 2. The molecule has 0 aliphatic rings. The van der Waals surface area contributed by atoms with Crippen molar-refractivity contribution in [3.8, 4) is 11.5 Å². The third kappa shape index (κ3) is 3.42. The smallest absolute Gasteiger partial charge is 0.145 e. The van der Waals surface area contributed by atoms with Gasteiger partial charge in [-0.05, 0) is 17.7 Å². The van der Waals surface area contributed by atoms with E-state index in [4.69, 9.17) is 9.47 Å². The molecule has 20 heavy (non-hydrogen) atoms. The van der Waals surface area contributed by atoms with Gasteiger partial charge in [0.2, 0.25) is 0 Å². The summed E-state index contributed by atoms with van der Waals surface area (Å²) >= 11 is 0. The van der Waals surface area contributed by atoms with E-state index in [1.54, 1.807) is 20.3 Å². The summed E-state index contributed by atoms with van der Waals surface area (Å²) in [4.78, 5) is 0. The molecule has 106 valence electrons. The molecule has 0 spiro atoms. The second-order valence-corrected chi connectivity index (χ2v) is 4.37. The first-order chi connectivity index (χ1) is 9.74. The van der Waals surface area contributed by atoms with E-state index in [0.29, 0.717) is 12.3 Å². The zero-order valence-electron chi connectivity index (χ0n) is 11.7. The number of rotatable bonds is 6. The Balaban J connectivity index is 2.03. The fraction of sp³-hybridized carbons (Fsp3) is 0.250. The number of aliphatic hydroxyl groups excluding tert-OH is 1. The van der Waals surface area contributed by atoms with E-state index in [2.05, 4.69) is 5.32 Å². The van der Waals surface area contributed by atoms with Gasteiger partial charge < -0.3 is 19.9 Å². The van der Waals surface area contributed by atoms with Crippen LogP contribution >= 0.6 is 0 Å². The fourth-order valence-corrected chi connectivity index (χ4v) is 1.94. The maximum Gasteiger partial charge on any atom is 0.145 e. The molecule has 2 aromatic carbocycles. The molecule has 0 radical (unpaired) electrons. The van der Waals surface area contributed by atoms with Crippen LogP contribution in [0.1, 0.15) is 11.7 Å². The summed E-state index contributed by atoms with van der Waals surface area (Å²) in [5, 5.41) is 13.3. The summed E-state index contributed by atoms with van der Waals surface area (Å²) in [7, 11) is 3.22. The minimum Gasteiger partial charge on any atom is -0.497 e. The average molecular weight is 273 g/mol. The molecule has 0 saturated carbocycles. The van der Waals surface area contributed by atoms with Crippen LogP contribution in [0.4, 0.5) is 5.69 Å². The fourth-order valence-electron chi connectivity index (χ4n) is 1.94. The van der Waals surface area contributed by atoms with Gasteiger partial charge in [-0.25, -0.2) is 0 Å². The number of hydrogen-bond acceptors (Lipinski definition) is 4. The summed E-state index contributed by atoms with van der Waals surface area (Å²) in [5.74, 6) is 1.42. The first kappa shape index (κ1) is 14.2.